The van der Waals surface area contributed by atoms with E-state index >= 15 is 0 Å². The standard InChI is InChI=1S/C10H18N4O4S2/c1-10(2,3)14-20(17,18)13-9-6-4-5-8(7-9)12-19(11,15)16/h4-7,12-14H,1-3H3,(H2,11,15,16). The minimum Gasteiger partial charge on any atom is -0.271 e. The van der Waals surface area contributed by atoms with Crippen LogP contribution in [0.15, 0.2) is 24.3 Å². The first-order chi connectivity index (χ1) is 8.86. The highest BCUT2D eigenvalue weighted by Gasteiger charge is 2.19. The van der Waals surface area contributed by atoms with Crippen LogP contribution >= 0.6 is 0 Å². The molecule has 0 heterocycles. The lowest BCUT2D eigenvalue weighted by molar-refractivity contribution is 0.494. The van der Waals surface area contributed by atoms with Gasteiger partial charge in [0.15, 0.2) is 0 Å². The van der Waals surface area contributed by atoms with Crippen LogP contribution in [-0.2, 0) is 20.4 Å². The molecular weight excluding hydrogens is 304 g/mol. The van der Waals surface area contributed by atoms with Gasteiger partial charge in [-0.1, -0.05) is 6.07 Å². The van der Waals surface area contributed by atoms with Gasteiger partial charge >= 0.3 is 0 Å². The highest BCUT2D eigenvalue weighted by atomic mass is 32.2. The fourth-order valence-electron chi connectivity index (χ4n) is 1.39. The van der Waals surface area contributed by atoms with Crippen LogP contribution in [0.25, 0.3) is 0 Å². The molecule has 0 atom stereocenters. The number of hydrogen-bond acceptors (Lipinski definition) is 4. The Kier molecular flexibility index (Phi) is 4.64. The molecule has 0 saturated carbocycles. The Morgan fingerprint density at radius 2 is 1.50 bits per heavy atom. The van der Waals surface area contributed by atoms with Crippen molar-refractivity contribution in [3.63, 3.8) is 0 Å². The fraction of sp³-hybridized carbons (Fsp3) is 0.400. The topological polar surface area (TPSA) is 130 Å². The van der Waals surface area contributed by atoms with Gasteiger partial charge in [0.05, 0.1) is 11.4 Å². The summed E-state index contributed by atoms with van der Waals surface area (Å²) < 4.78 is 52.2. The molecule has 0 aromatic heterocycles. The van der Waals surface area contributed by atoms with E-state index in [9.17, 15) is 16.8 Å². The van der Waals surface area contributed by atoms with E-state index in [0.29, 0.717) is 0 Å². The van der Waals surface area contributed by atoms with Crippen LogP contribution in [0.2, 0.25) is 0 Å². The molecular formula is C10H18N4O4S2. The largest absolute Gasteiger partial charge is 0.299 e. The summed E-state index contributed by atoms with van der Waals surface area (Å²) in [5.41, 5.74) is -0.277. The summed E-state index contributed by atoms with van der Waals surface area (Å²) in [7, 11) is -7.67. The average Bonchev–Trinajstić information content (AvgIpc) is 2.09. The quantitative estimate of drug-likeness (QED) is 0.623. The number of nitrogens with one attached hydrogen (secondary N) is 3. The zero-order valence-electron chi connectivity index (χ0n) is 11.3. The SMILES string of the molecule is CC(C)(C)NS(=O)(=O)Nc1cccc(NS(N)(=O)=O)c1. The Labute approximate surface area is 119 Å². The Morgan fingerprint density at radius 3 is 1.95 bits per heavy atom. The second-order valence-corrected chi connectivity index (χ2v) is 7.89. The van der Waals surface area contributed by atoms with Crippen molar-refractivity contribution in [3.05, 3.63) is 24.3 Å². The van der Waals surface area contributed by atoms with Crippen molar-refractivity contribution in [2.24, 2.45) is 5.14 Å². The lowest BCUT2D eigenvalue weighted by Gasteiger charge is -2.21. The number of benzene rings is 1. The second-order valence-electron chi connectivity index (χ2n) is 5.19. The average molecular weight is 322 g/mol. The minimum absolute atomic E-state index is 0.156. The minimum atomic E-state index is -3.91. The van der Waals surface area contributed by atoms with E-state index in [2.05, 4.69) is 14.2 Å². The van der Waals surface area contributed by atoms with Gasteiger partial charge in [-0.2, -0.15) is 21.6 Å². The van der Waals surface area contributed by atoms with Crippen molar-refractivity contribution in [1.82, 2.24) is 4.72 Å². The molecule has 0 radical (unpaired) electrons. The molecule has 114 valence electrons. The second kappa shape index (κ2) is 5.56. The van der Waals surface area contributed by atoms with E-state index < -0.39 is 26.0 Å². The van der Waals surface area contributed by atoms with Gasteiger partial charge in [0.1, 0.15) is 0 Å². The van der Waals surface area contributed by atoms with Gasteiger partial charge in [-0.3, -0.25) is 9.44 Å². The summed E-state index contributed by atoms with van der Waals surface area (Å²) >= 11 is 0. The molecule has 1 aromatic rings. The van der Waals surface area contributed by atoms with Gasteiger partial charge in [0.25, 0.3) is 20.4 Å². The van der Waals surface area contributed by atoms with Crippen LogP contribution in [-0.4, -0.2) is 22.4 Å². The maximum atomic E-state index is 11.8. The third-order valence-corrected chi connectivity index (χ3v) is 3.72. The van der Waals surface area contributed by atoms with Crippen LogP contribution in [0.3, 0.4) is 0 Å². The van der Waals surface area contributed by atoms with Gasteiger partial charge in [0.2, 0.25) is 0 Å². The Balaban J connectivity index is 2.92. The molecule has 20 heavy (non-hydrogen) atoms. The van der Waals surface area contributed by atoms with Crippen LogP contribution in [0.4, 0.5) is 11.4 Å². The highest BCUT2D eigenvalue weighted by Crippen LogP contribution is 2.17. The lowest BCUT2D eigenvalue weighted by Crippen LogP contribution is -2.43. The van der Waals surface area contributed by atoms with Crippen molar-refractivity contribution in [3.8, 4) is 0 Å². The van der Waals surface area contributed by atoms with E-state index in [1.54, 1.807) is 20.8 Å². The normalized spacial score (nSPS) is 13.0. The summed E-state index contributed by atoms with van der Waals surface area (Å²) in [6, 6.07) is 5.73. The molecule has 0 spiro atoms. The number of rotatable bonds is 5. The fourth-order valence-corrected chi connectivity index (χ4v) is 3.14. The molecule has 0 aliphatic heterocycles. The molecule has 0 bridgehead atoms. The zero-order chi connectivity index (χ0) is 15.6. The van der Waals surface area contributed by atoms with E-state index in [1.807, 2.05) is 0 Å². The highest BCUT2D eigenvalue weighted by molar-refractivity contribution is 7.91. The summed E-state index contributed by atoms with van der Waals surface area (Å²) in [5.74, 6) is 0. The van der Waals surface area contributed by atoms with Gasteiger partial charge in [-0.05, 0) is 39.0 Å². The first-order valence-electron chi connectivity index (χ1n) is 5.59. The predicted molar refractivity (Wildman–Crippen MR) is 78.6 cm³/mol. The molecule has 0 amide bonds. The summed E-state index contributed by atoms with van der Waals surface area (Å²) in [4.78, 5) is 0. The molecule has 0 unspecified atom stereocenters. The monoisotopic (exact) mass is 322 g/mol. The third kappa shape index (κ3) is 6.70. The van der Waals surface area contributed by atoms with Gasteiger partial charge in [-0.15, -0.1) is 0 Å². The van der Waals surface area contributed by atoms with E-state index in [0.717, 1.165) is 0 Å². The first kappa shape index (κ1) is 16.7. The van der Waals surface area contributed by atoms with Crippen molar-refractivity contribution in [1.29, 1.82) is 0 Å². The molecule has 1 aromatic carbocycles. The van der Waals surface area contributed by atoms with Gasteiger partial charge in [-0.25, -0.2) is 5.14 Å². The van der Waals surface area contributed by atoms with E-state index in [1.165, 1.54) is 24.3 Å². The molecule has 1 rings (SSSR count). The molecule has 0 aliphatic carbocycles. The van der Waals surface area contributed by atoms with Crippen molar-refractivity contribution < 1.29 is 16.8 Å². The van der Waals surface area contributed by atoms with Crippen LogP contribution < -0.4 is 19.3 Å². The molecule has 8 nitrogen and oxygen atoms in total. The van der Waals surface area contributed by atoms with Crippen LogP contribution in [0.1, 0.15) is 20.8 Å². The van der Waals surface area contributed by atoms with E-state index in [-0.39, 0.29) is 11.4 Å². The molecule has 0 aliphatic rings. The number of hydrogen-bond donors (Lipinski definition) is 4. The molecule has 5 N–H and O–H groups in total. The van der Waals surface area contributed by atoms with Crippen molar-refractivity contribution in [2.45, 2.75) is 26.3 Å². The predicted octanol–water partition coefficient (Wildman–Crippen LogP) is 0.347. The van der Waals surface area contributed by atoms with Crippen LogP contribution in [0, 0.1) is 0 Å². The summed E-state index contributed by atoms with van der Waals surface area (Å²) in [6.07, 6.45) is 0. The first-order valence-corrected chi connectivity index (χ1v) is 8.62. The Morgan fingerprint density at radius 1 is 1.00 bits per heavy atom. The zero-order valence-corrected chi connectivity index (χ0v) is 13.0. The lowest BCUT2D eigenvalue weighted by atomic mass is 10.1. The maximum absolute atomic E-state index is 11.8. The van der Waals surface area contributed by atoms with E-state index in [4.69, 9.17) is 5.14 Å². The Hall–Kier alpha value is -1.36. The summed E-state index contributed by atoms with van der Waals surface area (Å²) in [6.45, 7) is 5.10. The number of nitrogens with two attached hydrogens (primary N) is 1. The third-order valence-electron chi connectivity index (χ3n) is 1.82. The Bertz CT molecular complexity index is 677. The molecule has 10 heteroatoms. The van der Waals surface area contributed by atoms with Gasteiger partial charge < -0.3 is 0 Å². The maximum Gasteiger partial charge on any atom is 0.299 e. The summed E-state index contributed by atoms with van der Waals surface area (Å²) in [5, 5.41) is 4.84. The molecule has 0 fully saturated rings. The molecule has 0 saturated heterocycles. The van der Waals surface area contributed by atoms with Gasteiger partial charge in [0, 0.05) is 5.54 Å². The van der Waals surface area contributed by atoms with Crippen molar-refractivity contribution >= 4 is 31.8 Å². The smallest absolute Gasteiger partial charge is 0.271 e. The number of anilines is 2. The van der Waals surface area contributed by atoms with Crippen molar-refractivity contribution in [2.75, 3.05) is 9.44 Å². The van der Waals surface area contributed by atoms with Crippen LogP contribution in [0.5, 0.6) is 0 Å².